The van der Waals surface area contributed by atoms with E-state index in [0.717, 1.165) is 11.1 Å². The lowest BCUT2D eigenvalue weighted by Gasteiger charge is -2.19. The lowest BCUT2D eigenvalue weighted by atomic mass is 10.0. The van der Waals surface area contributed by atoms with Crippen LogP contribution in [0.4, 0.5) is 4.79 Å². The van der Waals surface area contributed by atoms with Crippen LogP contribution in [-0.4, -0.2) is 38.8 Å². The number of benzene rings is 2. The molecule has 8 heteroatoms. The number of Topliss-reactive ketones (excluding diaryl/α,β-unsaturated/α-hetero) is 1. The fraction of sp³-hybridized carbons (Fsp3) is 0.276. The van der Waals surface area contributed by atoms with Gasteiger partial charge in [0.15, 0.2) is 5.78 Å². The first-order chi connectivity index (χ1) is 17.8. The van der Waals surface area contributed by atoms with Gasteiger partial charge in [0.05, 0.1) is 16.9 Å². The molecule has 7 nitrogen and oxygen atoms in total. The van der Waals surface area contributed by atoms with Crippen LogP contribution in [0.1, 0.15) is 47.6 Å². The molecule has 5 rings (SSSR count). The topological polar surface area (TPSA) is 82.5 Å². The largest absolute Gasteiger partial charge is 0.489 e. The second kappa shape index (κ2) is 10.4. The Morgan fingerprint density at radius 2 is 1.92 bits per heavy atom. The van der Waals surface area contributed by atoms with Crippen molar-refractivity contribution in [1.29, 1.82) is 0 Å². The Morgan fingerprint density at radius 1 is 1.11 bits per heavy atom. The molecular formula is C29H29N3O4S. The normalized spacial score (nSPS) is 17.6. The number of carbonyl (C=O) groups is 2. The highest BCUT2D eigenvalue weighted by molar-refractivity contribution is 7.99. The number of aromatic nitrogens is 2. The van der Waals surface area contributed by atoms with Crippen molar-refractivity contribution in [2.75, 3.05) is 5.75 Å². The van der Waals surface area contributed by atoms with Gasteiger partial charge in [0, 0.05) is 41.4 Å². The molecule has 1 saturated heterocycles. The maximum Gasteiger partial charge on any atom is 0.419 e. The van der Waals surface area contributed by atoms with Crippen LogP contribution in [0.5, 0.6) is 5.75 Å². The van der Waals surface area contributed by atoms with Gasteiger partial charge in [-0.1, -0.05) is 36.4 Å². The van der Waals surface area contributed by atoms with Crippen molar-refractivity contribution in [3.8, 4) is 5.75 Å². The van der Waals surface area contributed by atoms with E-state index in [9.17, 15) is 9.59 Å². The van der Waals surface area contributed by atoms with Gasteiger partial charge in [-0.05, 0) is 50.1 Å². The maximum atomic E-state index is 13.7. The van der Waals surface area contributed by atoms with Crippen molar-refractivity contribution in [1.82, 2.24) is 14.9 Å². The molecule has 2 atom stereocenters. The molecule has 0 bridgehead atoms. The average molecular weight is 516 g/mol. The zero-order chi connectivity index (χ0) is 26.0. The Labute approximate surface area is 220 Å². The number of ether oxygens (including phenoxy) is 2. The zero-order valence-electron chi connectivity index (χ0n) is 21.0. The summed E-state index contributed by atoms with van der Waals surface area (Å²) in [5.41, 5.74) is 2.42. The lowest BCUT2D eigenvalue weighted by molar-refractivity contribution is 0.0544. The zero-order valence-corrected chi connectivity index (χ0v) is 21.8. The number of hydrogen-bond acceptors (Lipinski definition) is 7. The third kappa shape index (κ3) is 5.70. The molecular weight excluding hydrogens is 486 g/mol. The highest BCUT2D eigenvalue weighted by Crippen LogP contribution is 2.35. The molecule has 1 N–H and O–H groups in total. The van der Waals surface area contributed by atoms with Gasteiger partial charge in [-0.25, -0.2) is 4.79 Å². The number of rotatable bonds is 6. The Morgan fingerprint density at radius 3 is 2.65 bits per heavy atom. The molecule has 1 aliphatic heterocycles. The van der Waals surface area contributed by atoms with E-state index in [-0.39, 0.29) is 17.2 Å². The molecule has 2 aromatic heterocycles. The van der Waals surface area contributed by atoms with E-state index in [2.05, 4.69) is 10.3 Å². The number of ketones is 1. The van der Waals surface area contributed by atoms with Crippen LogP contribution in [0.25, 0.3) is 10.9 Å². The van der Waals surface area contributed by atoms with Crippen molar-refractivity contribution in [3.05, 3.63) is 95.9 Å². The minimum absolute atomic E-state index is 0.0140. The minimum Gasteiger partial charge on any atom is -0.489 e. The molecule has 2 unspecified atom stereocenters. The number of hydrogen-bond donors (Lipinski definition) is 1. The monoisotopic (exact) mass is 515 g/mol. The second-order valence-electron chi connectivity index (χ2n) is 9.93. The predicted molar refractivity (Wildman–Crippen MR) is 145 cm³/mol. The van der Waals surface area contributed by atoms with Crippen LogP contribution in [0.3, 0.4) is 0 Å². The van der Waals surface area contributed by atoms with Gasteiger partial charge in [0.25, 0.3) is 0 Å². The molecule has 190 valence electrons. The summed E-state index contributed by atoms with van der Waals surface area (Å²) in [4.78, 5) is 31.0. The standard InChI is InChI=1S/C29H29N3O4S/c1-29(2,3)36-28(34)32-16-23(26(33)24-18-37-27(31-24)20-10-7-13-30-15-20)22-12-11-21(14-25(22)32)35-17-19-8-5-4-6-9-19/h4-16,24,27,31H,17-18H2,1-3H3. The molecule has 2 aromatic carbocycles. The van der Waals surface area contributed by atoms with Crippen molar-refractivity contribution in [2.45, 2.75) is 44.4 Å². The van der Waals surface area contributed by atoms with Crippen molar-refractivity contribution in [3.63, 3.8) is 0 Å². The molecule has 0 spiro atoms. The van der Waals surface area contributed by atoms with Gasteiger partial charge in [0.2, 0.25) is 0 Å². The Hall–Kier alpha value is -3.62. The highest BCUT2D eigenvalue weighted by Gasteiger charge is 2.33. The first-order valence-electron chi connectivity index (χ1n) is 12.2. The molecule has 37 heavy (non-hydrogen) atoms. The van der Waals surface area contributed by atoms with Crippen molar-refractivity contribution >= 4 is 34.5 Å². The van der Waals surface area contributed by atoms with Gasteiger partial charge in [-0.15, -0.1) is 11.8 Å². The number of nitrogens with one attached hydrogen (secondary N) is 1. The summed E-state index contributed by atoms with van der Waals surface area (Å²) < 4.78 is 13.0. The van der Waals surface area contributed by atoms with Gasteiger partial charge in [-0.2, -0.15) is 0 Å². The van der Waals surface area contributed by atoms with Crippen LogP contribution in [0.2, 0.25) is 0 Å². The molecule has 0 saturated carbocycles. The SMILES string of the molecule is CC(C)(C)OC(=O)n1cc(C(=O)C2CSC(c3cccnc3)N2)c2ccc(OCc3ccccc3)cc21. The van der Waals surface area contributed by atoms with Gasteiger partial charge < -0.3 is 9.47 Å². The van der Waals surface area contributed by atoms with E-state index in [0.29, 0.717) is 34.6 Å². The average Bonchev–Trinajstić information content (AvgIpc) is 3.53. The summed E-state index contributed by atoms with van der Waals surface area (Å²) in [6, 6.07) is 18.8. The van der Waals surface area contributed by atoms with E-state index < -0.39 is 11.7 Å². The van der Waals surface area contributed by atoms with Crippen LogP contribution < -0.4 is 10.1 Å². The third-order valence-corrected chi connectivity index (χ3v) is 7.23. The predicted octanol–water partition coefficient (Wildman–Crippen LogP) is 5.99. The van der Waals surface area contributed by atoms with Crippen LogP contribution >= 0.6 is 11.8 Å². The first-order valence-corrected chi connectivity index (χ1v) is 13.2. The Bertz CT molecular complexity index is 1410. The molecule has 1 fully saturated rings. The molecule has 1 aliphatic rings. The number of fused-ring (bicyclic) bond motifs is 1. The summed E-state index contributed by atoms with van der Waals surface area (Å²) in [5.74, 6) is 1.16. The molecule has 0 amide bonds. The number of thioether (sulfide) groups is 1. The van der Waals surface area contributed by atoms with E-state index in [1.807, 2.05) is 81.6 Å². The summed E-state index contributed by atoms with van der Waals surface area (Å²) in [6.07, 6.45) is 4.59. The van der Waals surface area contributed by atoms with E-state index >= 15 is 0 Å². The highest BCUT2D eigenvalue weighted by atomic mass is 32.2. The minimum atomic E-state index is -0.681. The first kappa shape index (κ1) is 25.0. The fourth-order valence-corrected chi connectivity index (χ4v) is 5.45. The molecule has 4 aromatic rings. The quantitative estimate of drug-likeness (QED) is 0.316. The van der Waals surface area contributed by atoms with E-state index in [1.165, 1.54) is 4.57 Å². The van der Waals surface area contributed by atoms with Crippen molar-refractivity contribution < 1.29 is 19.1 Å². The summed E-state index contributed by atoms with van der Waals surface area (Å²) in [6.45, 7) is 5.84. The molecule has 0 aliphatic carbocycles. The number of carbonyl (C=O) groups excluding carboxylic acids is 2. The van der Waals surface area contributed by atoms with E-state index in [4.69, 9.17) is 9.47 Å². The number of pyridine rings is 1. The second-order valence-corrected chi connectivity index (χ2v) is 11.1. The third-order valence-electron chi connectivity index (χ3n) is 5.97. The fourth-order valence-electron chi connectivity index (χ4n) is 4.23. The number of nitrogens with zero attached hydrogens (tertiary/aromatic N) is 2. The van der Waals surface area contributed by atoms with Crippen LogP contribution in [0.15, 0.2) is 79.3 Å². The summed E-state index contributed by atoms with van der Waals surface area (Å²) >= 11 is 1.67. The van der Waals surface area contributed by atoms with Crippen LogP contribution in [0, 0.1) is 0 Å². The van der Waals surface area contributed by atoms with E-state index in [1.54, 1.807) is 30.2 Å². The Balaban J connectivity index is 1.44. The van der Waals surface area contributed by atoms with Crippen LogP contribution in [-0.2, 0) is 11.3 Å². The smallest absolute Gasteiger partial charge is 0.419 e. The summed E-state index contributed by atoms with van der Waals surface area (Å²) in [7, 11) is 0. The van der Waals surface area contributed by atoms with Gasteiger partial charge in [0.1, 0.15) is 18.0 Å². The Kier molecular flexibility index (Phi) is 7.04. The summed E-state index contributed by atoms with van der Waals surface area (Å²) in [5, 5.41) is 4.09. The maximum absolute atomic E-state index is 13.7. The van der Waals surface area contributed by atoms with Gasteiger partial charge in [-0.3, -0.25) is 19.7 Å². The van der Waals surface area contributed by atoms with Crippen molar-refractivity contribution in [2.24, 2.45) is 0 Å². The lowest BCUT2D eigenvalue weighted by Crippen LogP contribution is -2.34. The van der Waals surface area contributed by atoms with Gasteiger partial charge >= 0.3 is 6.09 Å². The molecule has 3 heterocycles. The molecule has 0 radical (unpaired) electrons.